The van der Waals surface area contributed by atoms with Crippen molar-refractivity contribution in [1.29, 1.82) is 0 Å². The van der Waals surface area contributed by atoms with Gasteiger partial charge in [0.25, 0.3) is 0 Å². The van der Waals surface area contributed by atoms with Gasteiger partial charge in [-0.25, -0.2) is 0 Å². The highest BCUT2D eigenvalue weighted by atomic mass is 35.5. The summed E-state index contributed by atoms with van der Waals surface area (Å²) in [6, 6.07) is 13.2. The second-order valence-corrected chi connectivity index (χ2v) is 6.82. The molecule has 0 saturated heterocycles. The molecule has 0 atom stereocenters. The average molecular weight is 383 g/mol. The second kappa shape index (κ2) is 9.43. The first-order valence-corrected chi connectivity index (χ1v) is 9.56. The highest BCUT2D eigenvalue weighted by Crippen LogP contribution is 2.34. The summed E-state index contributed by atoms with van der Waals surface area (Å²) in [4.78, 5) is 12.3. The summed E-state index contributed by atoms with van der Waals surface area (Å²) in [5, 5.41) is 0.412. The van der Waals surface area contributed by atoms with Gasteiger partial charge < -0.3 is 9.47 Å². The van der Waals surface area contributed by atoms with Gasteiger partial charge in [0.05, 0.1) is 10.6 Å². The third-order valence-corrected chi connectivity index (χ3v) is 4.70. The zero-order valence-corrected chi connectivity index (χ0v) is 16.2. The quantitative estimate of drug-likeness (QED) is 0.512. The predicted octanol–water partition coefficient (Wildman–Crippen LogP) is 6.17. The van der Waals surface area contributed by atoms with E-state index in [4.69, 9.17) is 21.1 Å². The van der Waals surface area contributed by atoms with Crippen molar-refractivity contribution in [2.45, 2.75) is 32.8 Å². The first kappa shape index (κ1) is 19.2. The van der Waals surface area contributed by atoms with Crippen LogP contribution in [0.1, 0.15) is 42.1 Å². The van der Waals surface area contributed by atoms with Crippen LogP contribution < -0.4 is 9.47 Å². The maximum absolute atomic E-state index is 12.3. The zero-order chi connectivity index (χ0) is 19.1. The summed E-state index contributed by atoms with van der Waals surface area (Å²) in [7, 11) is 0. The molecule has 0 unspecified atom stereocenters. The Bertz CT molecular complexity index is 853. The van der Waals surface area contributed by atoms with Crippen molar-refractivity contribution >= 4 is 17.4 Å². The van der Waals surface area contributed by atoms with Crippen LogP contribution in [0.15, 0.2) is 66.3 Å². The smallest absolute Gasteiger partial charge is 0.166 e. The normalized spacial score (nSPS) is 13.2. The molecule has 0 fully saturated rings. The first-order chi connectivity index (χ1) is 13.2. The fraction of sp³-hybridized carbons (Fsp3) is 0.261. The Morgan fingerprint density at radius 2 is 1.85 bits per heavy atom. The van der Waals surface area contributed by atoms with E-state index in [0.29, 0.717) is 41.7 Å². The summed E-state index contributed by atoms with van der Waals surface area (Å²) >= 11 is 6.36. The van der Waals surface area contributed by atoms with E-state index in [1.807, 2.05) is 43.3 Å². The third kappa shape index (κ3) is 5.24. The fourth-order valence-corrected chi connectivity index (χ4v) is 3.07. The first-order valence-electron chi connectivity index (χ1n) is 9.18. The van der Waals surface area contributed by atoms with E-state index in [0.717, 1.165) is 18.4 Å². The van der Waals surface area contributed by atoms with Gasteiger partial charge in [0.1, 0.15) is 24.7 Å². The highest BCUT2D eigenvalue weighted by Gasteiger charge is 2.17. The van der Waals surface area contributed by atoms with Gasteiger partial charge in [0.15, 0.2) is 5.78 Å². The number of hydrogen-bond acceptors (Lipinski definition) is 3. The molecule has 4 heteroatoms. The third-order valence-electron chi connectivity index (χ3n) is 4.41. The predicted molar refractivity (Wildman–Crippen MR) is 109 cm³/mol. The number of ketones is 1. The lowest BCUT2D eigenvalue weighted by atomic mass is 10.1. The van der Waals surface area contributed by atoms with Crippen molar-refractivity contribution < 1.29 is 14.3 Å². The number of carbonyl (C=O) groups excluding carboxylic acids is 1. The summed E-state index contributed by atoms with van der Waals surface area (Å²) in [6.07, 6.45) is 8.61. The van der Waals surface area contributed by atoms with Gasteiger partial charge in [-0.2, -0.15) is 0 Å². The molecular formula is C23H23ClO3. The Morgan fingerprint density at radius 3 is 2.56 bits per heavy atom. The van der Waals surface area contributed by atoms with Gasteiger partial charge in [-0.15, -0.1) is 0 Å². The van der Waals surface area contributed by atoms with Crippen LogP contribution in [-0.2, 0) is 6.61 Å². The number of benzene rings is 2. The molecule has 3 rings (SSSR count). The van der Waals surface area contributed by atoms with Crippen LogP contribution in [0.3, 0.4) is 0 Å². The summed E-state index contributed by atoms with van der Waals surface area (Å²) < 4.78 is 11.9. The van der Waals surface area contributed by atoms with Crippen LogP contribution in [0, 0.1) is 0 Å². The molecule has 0 bridgehead atoms. The molecular weight excluding hydrogens is 360 g/mol. The molecule has 2 aromatic carbocycles. The van der Waals surface area contributed by atoms with Gasteiger partial charge in [0.2, 0.25) is 0 Å². The molecule has 0 aromatic heterocycles. The van der Waals surface area contributed by atoms with Crippen molar-refractivity contribution in [2.24, 2.45) is 0 Å². The van der Waals surface area contributed by atoms with E-state index in [-0.39, 0.29) is 5.78 Å². The second-order valence-electron chi connectivity index (χ2n) is 6.41. The molecule has 0 N–H and O–H groups in total. The van der Waals surface area contributed by atoms with Crippen LogP contribution in [0.2, 0.25) is 5.02 Å². The average Bonchev–Trinajstić information content (AvgIpc) is 2.72. The van der Waals surface area contributed by atoms with E-state index in [1.165, 1.54) is 5.57 Å². The molecule has 1 aliphatic rings. The molecule has 0 aliphatic heterocycles. The lowest BCUT2D eigenvalue weighted by molar-refractivity contribution is 0.0984. The van der Waals surface area contributed by atoms with E-state index < -0.39 is 0 Å². The number of carbonyl (C=O) groups is 1. The van der Waals surface area contributed by atoms with Crippen LogP contribution in [0.25, 0.3) is 0 Å². The standard InChI is InChI=1S/C23H23ClO3/c1-2-21(25)19-13-20(24)23(27-16-18-11-7-4-8-12-18)14-22(19)26-15-17-9-5-3-6-10-17/h3-5,7-9,11-14H,2,6,10,15-16H2,1H3. The number of ether oxygens (including phenoxy) is 2. The van der Waals surface area contributed by atoms with Crippen molar-refractivity contribution in [1.82, 2.24) is 0 Å². The number of Topliss-reactive ketones (excluding diaryl/α,β-unsaturated/α-hetero) is 1. The minimum absolute atomic E-state index is 0.000899. The van der Waals surface area contributed by atoms with Crippen molar-refractivity contribution in [3.63, 3.8) is 0 Å². The molecule has 0 saturated carbocycles. The lowest BCUT2D eigenvalue weighted by Crippen LogP contribution is -2.08. The summed E-state index contributed by atoms with van der Waals surface area (Å²) in [6.45, 7) is 2.68. The van der Waals surface area contributed by atoms with Gasteiger partial charge in [0, 0.05) is 12.5 Å². The molecule has 2 aromatic rings. The topological polar surface area (TPSA) is 35.5 Å². The SMILES string of the molecule is CCC(=O)c1cc(Cl)c(OCc2ccccc2)cc1OCC1=CC=CCC1. The highest BCUT2D eigenvalue weighted by molar-refractivity contribution is 6.32. The van der Waals surface area contributed by atoms with E-state index in [9.17, 15) is 4.79 Å². The monoisotopic (exact) mass is 382 g/mol. The van der Waals surface area contributed by atoms with Crippen LogP contribution in [-0.4, -0.2) is 12.4 Å². The fourth-order valence-electron chi connectivity index (χ4n) is 2.85. The van der Waals surface area contributed by atoms with E-state index in [1.54, 1.807) is 12.1 Å². The molecule has 0 amide bonds. The van der Waals surface area contributed by atoms with Crippen molar-refractivity contribution in [3.8, 4) is 11.5 Å². The lowest BCUT2D eigenvalue weighted by Gasteiger charge is -2.16. The number of rotatable bonds is 8. The molecule has 3 nitrogen and oxygen atoms in total. The molecule has 0 spiro atoms. The van der Waals surface area contributed by atoms with Crippen LogP contribution in [0.5, 0.6) is 11.5 Å². The number of halogens is 1. The Hall–Kier alpha value is -2.52. The van der Waals surface area contributed by atoms with Gasteiger partial charge in [-0.3, -0.25) is 4.79 Å². The van der Waals surface area contributed by atoms with Crippen LogP contribution >= 0.6 is 11.6 Å². The van der Waals surface area contributed by atoms with Crippen LogP contribution in [0.4, 0.5) is 0 Å². The Kier molecular flexibility index (Phi) is 6.72. The number of allylic oxidation sites excluding steroid dienone is 3. The minimum Gasteiger partial charge on any atom is -0.488 e. The van der Waals surface area contributed by atoms with Gasteiger partial charge in [-0.1, -0.05) is 67.1 Å². The molecule has 27 heavy (non-hydrogen) atoms. The largest absolute Gasteiger partial charge is 0.488 e. The summed E-state index contributed by atoms with van der Waals surface area (Å²) in [5.41, 5.74) is 2.75. The Balaban J connectivity index is 1.80. The Morgan fingerprint density at radius 1 is 1.07 bits per heavy atom. The number of hydrogen-bond donors (Lipinski definition) is 0. The molecule has 1 aliphatic carbocycles. The maximum Gasteiger partial charge on any atom is 0.166 e. The minimum atomic E-state index is -0.000899. The van der Waals surface area contributed by atoms with E-state index >= 15 is 0 Å². The van der Waals surface area contributed by atoms with Gasteiger partial charge >= 0.3 is 0 Å². The Labute approximate surface area is 165 Å². The zero-order valence-electron chi connectivity index (χ0n) is 15.4. The summed E-state index contributed by atoms with van der Waals surface area (Å²) in [5.74, 6) is 1.03. The molecule has 140 valence electrons. The molecule has 0 radical (unpaired) electrons. The molecule has 0 heterocycles. The van der Waals surface area contributed by atoms with Gasteiger partial charge in [-0.05, 0) is 30.0 Å². The van der Waals surface area contributed by atoms with E-state index in [2.05, 4.69) is 12.2 Å². The maximum atomic E-state index is 12.3. The van der Waals surface area contributed by atoms with Crippen molar-refractivity contribution in [3.05, 3.63) is 82.4 Å². The van der Waals surface area contributed by atoms with Crippen molar-refractivity contribution in [2.75, 3.05) is 6.61 Å².